The van der Waals surface area contributed by atoms with E-state index >= 15 is 0 Å². The Labute approximate surface area is 180 Å². The van der Waals surface area contributed by atoms with Gasteiger partial charge in [-0.15, -0.1) is 24.0 Å². The number of ether oxygens (including phenoxy) is 3. The zero-order valence-electron chi connectivity index (χ0n) is 17.8. The lowest BCUT2D eigenvalue weighted by atomic mass is 9.65. The SMILES string of the molecule is CN=C(NCCc1ccc(OC)c(OC)c1OC)N1CC(C)(C)C1(C)C.I. The molecule has 0 spiro atoms. The Balaban J connectivity index is 0.00000364. The van der Waals surface area contributed by atoms with Crippen molar-refractivity contribution < 1.29 is 14.2 Å². The van der Waals surface area contributed by atoms with E-state index in [0.717, 1.165) is 31.0 Å². The minimum absolute atomic E-state index is 0. The van der Waals surface area contributed by atoms with E-state index in [-0.39, 0.29) is 34.9 Å². The number of hydrogen-bond donors (Lipinski definition) is 1. The third-order valence-electron chi connectivity index (χ3n) is 5.82. The Morgan fingerprint density at radius 3 is 2.15 bits per heavy atom. The first kappa shape index (κ1) is 23.7. The maximum atomic E-state index is 5.56. The van der Waals surface area contributed by atoms with Crippen LogP contribution in [0.5, 0.6) is 17.2 Å². The maximum absolute atomic E-state index is 5.56. The van der Waals surface area contributed by atoms with E-state index < -0.39 is 0 Å². The number of methoxy groups -OCH3 is 3. The van der Waals surface area contributed by atoms with E-state index in [2.05, 4.69) is 42.9 Å². The van der Waals surface area contributed by atoms with Gasteiger partial charge in [-0.25, -0.2) is 0 Å². The summed E-state index contributed by atoms with van der Waals surface area (Å²) in [5.41, 5.74) is 1.42. The van der Waals surface area contributed by atoms with Crippen molar-refractivity contribution >= 4 is 29.9 Å². The quantitative estimate of drug-likeness (QED) is 0.375. The fraction of sp³-hybridized carbons (Fsp3) is 0.650. The first-order chi connectivity index (χ1) is 12.2. The van der Waals surface area contributed by atoms with E-state index in [1.54, 1.807) is 21.3 Å². The lowest BCUT2D eigenvalue weighted by molar-refractivity contribution is -0.0666. The molecule has 6 nitrogen and oxygen atoms in total. The third kappa shape index (κ3) is 4.38. The van der Waals surface area contributed by atoms with Crippen molar-refractivity contribution in [3.8, 4) is 17.2 Å². The van der Waals surface area contributed by atoms with Crippen molar-refractivity contribution in [3.63, 3.8) is 0 Å². The second-order valence-electron chi connectivity index (χ2n) is 7.75. The monoisotopic (exact) mass is 491 g/mol. The van der Waals surface area contributed by atoms with Crippen LogP contribution >= 0.6 is 24.0 Å². The molecule has 0 unspecified atom stereocenters. The van der Waals surface area contributed by atoms with Gasteiger partial charge in [-0.3, -0.25) is 4.99 Å². The van der Waals surface area contributed by atoms with Gasteiger partial charge in [0.25, 0.3) is 0 Å². The van der Waals surface area contributed by atoms with Crippen molar-refractivity contribution in [1.82, 2.24) is 10.2 Å². The molecule has 154 valence electrons. The predicted molar refractivity (Wildman–Crippen MR) is 121 cm³/mol. The molecule has 0 aliphatic carbocycles. The average Bonchev–Trinajstić information content (AvgIpc) is 2.62. The smallest absolute Gasteiger partial charge is 0.203 e. The average molecular weight is 491 g/mol. The maximum Gasteiger partial charge on any atom is 0.203 e. The predicted octanol–water partition coefficient (Wildman–Crippen LogP) is 3.57. The molecule has 1 aliphatic rings. The van der Waals surface area contributed by atoms with Crippen LogP contribution in [0.4, 0.5) is 0 Å². The number of likely N-dealkylation sites (tertiary alicyclic amines) is 1. The van der Waals surface area contributed by atoms with E-state index in [0.29, 0.717) is 17.2 Å². The van der Waals surface area contributed by atoms with Crippen LogP contribution in [-0.2, 0) is 6.42 Å². The Morgan fingerprint density at radius 2 is 1.70 bits per heavy atom. The summed E-state index contributed by atoms with van der Waals surface area (Å²) in [7, 11) is 6.73. The molecule has 0 amide bonds. The first-order valence-electron chi connectivity index (χ1n) is 8.99. The van der Waals surface area contributed by atoms with E-state index in [9.17, 15) is 0 Å². The van der Waals surface area contributed by atoms with E-state index in [4.69, 9.17) is 14.2 Å². The van der Waals surface area contributed by atoms with Crippen LogP contribution in [-0.4, -0.2) is 57.9 Å². The molecule has 1 aromatic carbocycles. The molecule has 1 saturated heterocycles. The second-order valence-corrected chi connectivity index (χ2v) is 7.75. The normalized spacial score (nSPS) is 17.5. The van der Waals surface area contributed by atoms with Gasteiger partial charge in [0.05, 0.1) is 21.3 Å². The summed E-state index contributed by atoms with van der Waals surface area (Å²) in [6.07, 6.45) is 0.792. The summed E-state index contributed by atoms with van der Waals surface area (Å²) < 4.78 is 16.4. The number of benzene rings is 1. The van der Waals surface area contributed by atoms with Crippen LogP contribution in [0.3, 0.4) is 0 Å². The number of nitrogens with zero attached hydrogens (tertiary/aromatic N) is 2. The third-order valence-corrected chi connectivity index (χ3v) is 5.82. The Kier molecular flexibility index (Phi) is 8.07. The van der Waals surface area contributed by atoms with Gasteiger partial charge in [-0.05, 0) is 26.3 Å². The zero-order chi connectivity index (χ0) is 19.5. The topological polar surface area (TPSA) is 55.3 Å². The molecular formula is C20H34IN3O3. The van der Waals surface area contributed by atoms with Gasteiger partial charge < -0.3 is 24.4 Å². The van der Waals surface area contributed by atoms with Crippen LogP contribution in [0.15, 0.2) is 17.1 Å². The number of aliphatic imine (C=N–C) groups is 1. The van der Waals surface area contributed by atoms with Gasteiger partial charge in [-0.1, -0.05) is 19.9 Å². The van der Waals surface area contributed by atoms with Crippen LogP contribution in [0.1, 0.15) is 33.3 Å². The lowest BCUT2D eigenvalue weighted by Gasteiger charge is -2.62. The van der Waals surface area contributed by atoms with Crippen molar-refractivity contribution in [2.45, 2.75) is 39.7 Å². The molecule has 2 rings (SSSR count). The summed E-state index contributed by atoms with van der Waals surface area (Å²) in [4.78, 5) is 6.79. The molecule has 7 heteroatoms. The van der Waals surface area contributed by atoms with Gasteiger partial charge >= 0.3 is 0 Å². The molecule has 0 atom stereocenters. The minimum Gasteiger partial charge on any atom is -0.493 e. The molecule has 1 N–H and O–H groups in total. The Bertz CT molecular complexity index is 675. The number of nitrogens with one attached hydrogen (secondary N) is 1. The minimum atomic E-state index is 0. The summed E-state index contributed by atoms with van der Waals surface area (Å²) in [6, 6.07) is 3.92. The molecule has 1 fully saturated rings. The second kappa shape index (κ2) is 9.21. The highest BCUT2D eigenvalue weighted by Crippen LogP contribution is 2.46. The largest absolute Gasteiger partial charge is 0.493 e. The molecule has 1 heterocycles. The van der Waals surface area contributed by atoms with Crippen LogP contribution < -0.4 is 19.5 Å². The summed E-state index contributed by atoms with van der Waals surface area (Å²) >= 11 is 0. The molecule has 27 heavy (non-hydrogen) atoms. The summed E-state index contributed by atoms with van der Waals surface area (Å²) in [5.74, 6) is 2.95. The van der Waals surface area contributed by atoms with Gasteiger partial charge in [0, 0.05) is 36.7 Å². The summed E-state index contributed by atoms with van der Waals surface area (Å²) in [5, 5.41) is 3.48. The highest BCUT2D eigenvalue weighted by molar-refractivity contribution is 14.0. The zero-order valence-corrected chi connectivity index (χ0v) is 20.1. The van der Waals surface area contributed by atoms with E-state index in [1.807, 2.05) is 19.2 Å². The fourth-order valence-corrected chi connectivity index (χ4v) is 3.36. The molecule has 0 saturated carbocycles. The molecule has 0 bridgehead atoms. The molecule has 0 aromatic heterocycles. The number of guanidine groups is 1. The fourth-order valence-electron chi connectivity index (χ4n) is 3.36. The number of halogens is 1. The van der Waals surface area contributed by atoms with Gasteiger partial charge in [0.2, 0.25) is 5.75 Å². The first-order valence-corrected chi connectivity index (χ1v) is 8.99. The molecule has 1 aromatic rings. The number of hydrogen-bond acceptors (Lipinski definition) is 4. The number of rotatable bonds is 6. The van der Waals surface area contributed by atoms with Crippen LogP contribution in [0, 0.1) is 5.41 Å². The molecule has 0 radical (unpaired) electrons. The van der Waals surface area contributed by atoms with Crippen molar-refractivity contribution in [2.24, 2.45) is 10.4 Å². The molecular weight excluding hydrogens is 457 g/mol. The Hall–Kier alpha value is -1.38. The van der Waals surface area contributed by atoms with Crippen molar-refractivity contribution in [3.05, 3.63) is 17.7 Å². The van der Waals surface area contributed by atoms with Gasteiger partial charge in [-0.2, -0.15) is 0 Å². The standard InChI is InChI=1S/C20H33N3O3.HI/c1-19(2)13-23(20(19,3)4)18(21-5)22-12-11-14-9-10-15(24-6)17(26-8)16(14)25-7;/h9-10H,11-13H2,1-8H3,(H,21,22);1H. The highest BCUT2D eigenvalue weighted by Gasteiger charge is 2.53. The van der Waals surface area contributed by atoms with Gasteiger partial charge in [0.1, 0.15) is 0 Å². The van der Waals surface area contributed by atoms with Crippen molar-refractivity contribution in [2.75, 3.05) is 41.5 Å². The van der Waals surface area contributed by atoms with Crippen LogP contribution in [0.25, 0.3) is 0 Å². The lowest BCUT2D eigenvalue weighted by Crippen LogP contribution is -2.72. The van der Waals surface area contributed by atoms with Gasteiger partial charge in [0.15, 0.2) is 17.5 Å². The van der Waals surface area contributed by atoms with Crippen molar-refractivity contribution in [1.29, 1.82) is 0 Å². The Morgan fingerprint density at radius 1 is 1.07 bits per heavy atom. The highest BCUT2D eigenvalue weighted by atomic mass is 127. The van der Waals surface area contributed by atoms with Crippen LogP contribution in [0.2, 0.25) is 0 Å². The van der Waals surface area contributed by atoms with E-state index in [1.165, 1.54) is 0 Å². The summed E-state index contributed by atoms with van der Waals surface area (Å²) in [6.45, 7) is 10.9. The molecule has 1 aliphatic heterocycles.